The number of aryl methyl sites for hydroxylation is 2. The Kier molecular flexibility index (Phi) is 4.32. The van der Waals surface area contributed by atoms with E-state index in [9.17, 15) is 0 Å². The first-order chi connectivity index (χ1) is 12.2. The molecule has 0 unspecified atom stereocenters. The van der Waals surface area contributed by atoms with Gasteiger partial charge in [0.1, 0.15) is 0 Å². The summed E-state index contributed by atoms with van der Waals surface area (Å²) in [6, 6.07) is 10.2. The highest BCUT2D eigenvalue weighted by molar-refractivity contribution is 5.55. The van der Waals surface area contributed by atoms with Crippen molar-refractivity contribution in [3.63, 3.8) is 0 Å². The summed E-state index contributed by atoms with van der Waals surface area (Å²) in [5.41, 5.74) is 6.01. The Morgan fingerprint density at radius 1 is 1.04 bits per heavy atom. The third-order valence-corrected chi connectivity index (χ3v) is 4.84. The predicted octanol–water partition coefficient (Wildman–Crippen LogP) is 2.79. The lowest BCUT2D eigenvalue weighted by Crippen LogP contribution is -2.25. The van der Waals surface area contributed by atoms with E-state index in [4.69, 9.17) is 9.97 Å². The Hall–Kier alpha value is -2.53. The van der Waals surface area contributed by atoms with Gasteiger partial charge in [-0.15, -0.1) is 0 Å². The number of fused-ring (bicyclic) bond motifs is 1. The monoisotopic (exact) mass is 333 g/mol. The molecule has 0 N–H and O–H groups in total. The van der Waals surface area contributed by atoms with Gasteiger partial charge in [-0.25, -0.2) is 9.97 Å². The summed E-state index contributed by atoms with van der Waals surface area (Å²) in [4.78, 5) is 12.1. The van der Waals surface area contributed by atoms with Crippen molar-refractivity contribution in [2.75, 3.05) is 13.1 Å². The number of benzene rings is 1. The van der Waals surface area contributed by atoms with Gasteiger partial charge in [-0.1, -0.05) is 30.3 Å². The Morgan fingerprint density at radius 2 is 1.84 bits per heavy atom. The summed E-state index contributed by atoms with van der Waals surface area (Å²) in [6.45, 7) is 5.12. The number of hydrogen-bond acceptors (Lipinski definition) is 4. The maximum Gasteiger partial charge on any atom is 0.159 e. The minimum Gasteiger partial charge on any atom is -0.298 e. The molecule has 3 aromatic rings. The van der Waals surface area contributed by atoms with Crippen LogP contribution in [-0.4, -0.2) is 37.7 Å². The van der Waals surface area contributed by atoms with Crippen molar-refractivity contribution < 1.29 is 0 Å². The SMILES string of the molecule is Cc1nc(-c2ccccc2)nc2c1CCN(Cc1cnn(C)c1)CC2. The minimum absolute atomic E-state index is 0.845. The molecule has 0 bridgehead atoms. The zero-order valence-corrected chi connectivity index (χ0v) is 14.8. The normalized spacial score (nSPS) is 15.0. The Balaban J connectivity index is 1.56. The number of aromatic nitrogens is 4. The molecule has 4 rings (SSSR count). The summed E-state index contributed by atoms with van der Waals surface area (Å²) in [6.07, 6.45) is 6.03. The Morgan fingerprint density at radius 3 is 2.60 bits per heavy atom. The molecule has 0 atom stereocenters. The topological polar surface area (TPSA) is 46.8 Å². The fourth-order valence-corrected chi connectivity index (χ4v) is 3.52. The van der Waals surface area contributed by atoms with Crippen molar-refractivity contribution >= 4 is 0 Å². The van der Waals surface area contributed by atoms with Gasteiger partial charge in [0.05, 0.1) is 6.20 Å². The van der Waals surface area contributed by atoms with Crippen LogP contribution in [0.3, 0.4) is 0 Å². The van der Waals surface area contributed by atoms with Gasteiger partial charge in [-0.2, -0.15) is 5.10 Å². The maximum absolute atomic E-state index is 4.90. The van der Waals surface area contributed by atoms with Crippen molar-refractivity contribution in [1.82, 2.24) is 24.6 Å². The second-order valence-corrected chi connectivity index (χ2v) is 6.72. The van der Waals surface area contributed by atoms with Gasteiger partial charge < -0.3 is 0 Å². The van der Waals surface area contributed by atoms with Gasteiger partial charge in [0.2, 0.25) is 0 Å². The van der Waals surface area contributed by atoms with E-state index in [0.29, 0.717) is 0 Å². The average molecular weight is 333 g/mol. The van der Waals surface area contributed by atoms with E-state index in [1.165, 1.54) is 16.8 Å². The van der Waals surface area contributed by atoms with Gasteiger partial charge in [0.25, 0.3) is 0 Å². The number of hydrogen-bond donors (Lipinski definition) is 0. The molecule has 25 heavy (non-hydrogen) atoms. The largest absolute Gasteiger partial charge is 0.298 e. The second-order valence-electron chi connectivity index (χ2n) is 6.72. The molecule has 128 valence electrons. The van der Waals surface area contributed by atoms with E-state index in [1.807, 2.05) is 36.1 Å². The average Bonchev–Trinajstić information content (AvgIpc) is 2.91. The molecule has 5 nitrogen and oxygen atoms in total. The Labute approximate surface area is 148 Å². The molecule has 1 aliphatic heterocycles. The molecule has 0 saturated carbocycles. The third-order valence-electron chi connectivity index (χ3n) is 4.84. The fourth-order valence-electron chi connectivity index (χ4n) is 3.52. The van der Waals surface area contributed by atoms with Crippen molar-refractivity contribution in [3.05, 3.63) is 65.2 Å². The fraction of sp³-hybridized carbons (Fsp3) is 0.350. The highest BCUT2D eigenvalue weighted by atomic mass is 15.2. The van der Waals surface area contributed by atoms with Gasteiger partial charge >= 0.3 is 0 Å². The number of rotatable bonds is 3. The standard InChI is InChI=1S/C20H23N5/c1-15-18-8-10-25(14-16-12-21-24(2)13-16)11-9-19(18)23-20(22-15)17-6-4-3-5-7-17/h3-7,12-13H,8-11,14H2,1-2H3. The zero-order valence-electron chi connectivity index (χ0n) is 14.8. The van der Waals surface area contributed by atoms with Crippen LogP contribution in [0.15, 0.2) is 42.7 Å². The van der Waals surface area contributed by atoms with Crippen LogP contribution in [-0.2, 0) is 26.4 Å². The van der Waals surface area contributed by atoms with E-state index in [-0.39, 0.29) is 0 Å². The first kappa shape index (κ1) is 16.0. The second kappa shape index (κ2) is 6.76. The molecule has 5 heteroatoms. The van der Waals surface area contributed by atoms with Crippen LogP contribution >= 0.6 is 0 Å². The van der Waals surface area contributed by atoms with Crippen LogP contribution in [0, 0.1) is 6.92 Å². The minimum atomic E-state index is 0.845. The van der Waals surface area contributed by atoms with Crippen LogP contribution in [0.25, 0.3) is 11.4 Å². The first-order valence-electron chi connectivity index (χ1n) is 8.81. The Bertz CT molecular complexity index is 869. The summed E-state index contributed by atoms with van der Waals surface area (Å²) in [5, 5.41) is 4.27. The van der Waals surface area contributed by atoms with Gasteiger partial charge in [-0.3, -0.25) is 9.58 Å². The molecule has 3 heterocycles. The number of nitrogens with zero attached hydrogens (tertiary/aromatic N) is 5. The van der Waals surface area contributed by atoms with Crippen molar-refractivity contribution in [1.29, 1.82) is 0 Å². The van der Waals surface area contributed by atoms with Crippen LogP contribution in [0.1, 0.15) is 22.5 Å². The van der Waals surface area contributed by atoms with Crippen molar-refractivity contribution in [3.8, 4) is 11.4 Å². The van der Waals surface area contributed by atoms with Gasteiger partial charge in [0, 0.05) is 61.8 Å². The molecular formula is C20H23N5. The summed E-state index contributed by atoms with van der Waals surface area (Å²) >= 11 is 0. The van der Waals surface area contributed by atoms with E-state index in [2.05, 4.69) is 35.3 Å². The lowest BCUT2D eigenvalue weighted by Gasteiger charge is -2.18. The quantitative estimate of drug-likeness (QED) is 0.739. The summed E-state index contributed by atoms with van der Waals surface area (Å²) in [5.74, 6) is 0.845. The van der Waals surface area contributed by atoms with Gasteiger partial charge in [-0.05, 0) is 18.9 Å². The van der Waals surface area contributed by atoms with Crippen molar-refractivity contribution in [2.24, 2.45) is 7.05 Å². The van der Waals surface area contributed by atoms with E-state index >= 15 is 0 Å². The molecule has 2 aromatic heterocycles. The predicted molar refractivity (Wildman–Crippen MR) is 98.1 cm³/mol. The molecule has 0 fully saturated rings. The van der Waals surface area contributed by atoms with E-state index in [0.717, 1.165) is 49.6 Å². The molecule has 1 aliphatic rings. The van der Waals surface area contributed by atoms with Crippen LogP contribution in [0.5, 0.6) is 0 Å². The van der Waals surface area contributed by atoms with E-state index < -0.39 is 0 Å². The smallest absolute Gasteiger partial charge is 0.159 e. The molecular weight excluding hydrogens is 310 g/mol. The summed E-state index contributed by atoms with van der Waals surface area (Å²) < 4.78 is 1.86. The third kappa shape index (κ3) is 3.46. The maximum atomic E-state index is 4.90. The molecule has 0 saturated heterocycles. The van der Waals surface area contributed by atoms with Crippen LogP contribution < -0.4 is 0 Å². The highest BCUT2D eigenvalue weighted by Gasteiger charge is 2.19. The molecule has 0 amide bonds. The molecule has 0 aliphatic carbocycles. The van der Waals surface area contributed by atoms with E-state index in [1.54, 1.807) is 0 Å². The first-order valence-corrected chi connectivity index (χ1v) is 8.81. The highest BCUT2D eigenvalue weighted by Crippen LogP contribution is 2.22. The molecule has 1 aromatic carbocycles. The van der Waals surface area contributed by atoms with Crippen LogP contribution in [0.2, 0.25) is 0 Å². The zero-order chi connectivity index (χ0) is 17.2. The molecule has 0 spiro atoms. The lowest BCUT2D eigenvalue weighted by molar-refractivity contribution is 0.279. The molecule has 0 radical (unpaired) electrons. The lowest BCUT2D eigenvalue weighted by atomic mass is 10.1. The van der Waals surface area contributed by atoms with Gasteiger partial charge in [0.15, 0.2) is 5.82 Å². The summed E-state index contributed by atoms with van der Waals surface area (Å²) in [7, 11) is 1.96. The van der Waals surface area contributed by atoms with Crippen LogP contribution in [0.4, 0.5) is 0 Å². The van der Waals surface area contributed by atoms with Crippen molar-refractivity contribution in [2.45, 2.75) is 26.3 Å².